The van der Waals surface area contributed by atoms with Crippen molar-refractivity contribution in [3.05, 3.63) is 26.7 Å². The lowest BCUT2D eigenvalue weighted by molar-refractivity contribution is 0.179. The molecule has 0 atom stereocenters. The van der Waals surface area contributed by atoms with Gasteiger partial charge in [-0.1, -0.05) is 46.0 Å². The van der Waals surface area contributed by atoms with Crippen LogP contribution < -0.4 is 11.2 Å². The first-order valence-electron chi connectivity index (χ1n) is 11.3. The Morgan fingerprint density at radius 3 is 2.31 bits per heavy atom. The van der Waals surface area contributed by atoms with E-state index in [0.29, 0.717) is 11.2 Å². The van der Waals surface area contributed by atoms with Gasteiger partial charge in [-0.25, -0.2) is 9.78 Å². The van der Waals surface area contributed by atoms with Crippen molar-refractivity contribution in [1.82, 2.24) is 23.6 Å². The maximum atomic E-state index is 12.9. The molecule has 1 fully saturated rings. The van der Waals surface area contributed by atoms with Gasteiger partial charge in [-0.05, 0) is 38.3 Å². The highest BCUT2D eigenvalue weighted by atomic mass is 16.2. The van der Waals surface area contributed by atoms with E-state index < -0.39 is 0 Å². The molecule has 0 spiro atoms. The summed E-state index contributed by atoms with van der Waals surface area (Å²) in [4.78, 5) is 32.5. The minimum absolute atomic E-state index is 0.236. The zero-order valence-electron chi connectivity index (χ0n) is 18.6. The fourth-order valence-electron chi connectivity index (χ4n) is 4.32. The Labute approximate surface area is 173 Å². The van der Waals surface area contributed by atoms with Crippen molar-refractivity contribution in [2.45, 2.75) is 78.3 Å². The number of fused-ring (bicyclic) bond motifs is 1. The molecule has 3 heterocycles. The summed E-state index contributed by atoms with van der Waals surface area (Å²) in [5.41, 5.74) is 0.540. The van der Waals surface area contributed by atoms with Gasteiger partial charge in [-0.15, -0.1) is 0 Å². The van der Waals surface area contributed by atoms with Gasteiger partial charge >= 0.3 is 5.69 Å². The second-order valence-electron chi connectivity index (χ2n) is 8.78. The average Bonchev–Trinajstić information content (AvgIpc) is 3.07. The Bertz CT molecular complexity index is 931. The van der Waals surface area contributed by atoms with Gasteiger partial charge in [0.2, 0.25) is 0 Å². The van der Waals surface area contributed by atoms with E-state index in [9.17, 15) is 9.59 Å². The SMILES string of the molecule is CCCCCCCCn1c(CN2CCC(C)CC2)nc2c1c(=O)n(C)c(=O)n2C. The van der Waals surface area contributed by atoms with Gasteiger partial charge in [0.05, 0.1) is 6.54 Å². The summed E-state index contributed by atoms with van der Waals surface area (Å²) in [7, 11) is 3.26. The van der Waals surface area contributed by atoms with E-state index in [1.54, 1.807) is 14.1 Å². The van der Waals surface area contributed by atoms with E-state index in [1.165, 1.54) is 47.7 Å². The van der Waals surface area contributed by atoms with Crippen LogP contribution in [0, 0.1) is 5.92 Å². The monoisotopic (exact) mass is 403 g/mol. The smallest absolute Gasteiger partial charge is 0.321 e. The fraction of sp³-hybridized carbons (Fsp3) is 0.773. The lowest BCUT2D eigenvalue weighted by Gasteiger charge is -2.29. The van der Waals surface area contributed by atoms with Gasteiger partial charge < -0.3 is 4.57 Å². The minimum Gasteiger partial charge on any atom is -0.321 e. The fourth-order valence-corrected chi connectivity index (χ4v) is 4.32. The van der Waals surface area contributed by atoms with E-state index in [-0.39, 0.29) is 11.2 Å². The molecule has 2 aromatic rings. The van der Waals surface area contributed by atoms with E-state index >= 15 is 0 Å². The molecule has 1 aliphatic heterocycles. The van der Waals surface area contributed by atoms with Gasteiger partial charge in [0.15, 0.2) is 11.2 Å². The standard InChI is InChI=1S/C22H37N5O2/c1-5-6-7-8-9-10-13-27-18(16-26-14-11-17(2)12-15-26)23-20-19(27)21(28)25(4)22(29)24(20)3/h17H,5-16H2,1-4H3. The molecule has 0 radical (unpaired) electrons. The number of likely N-dealkylation sites (tertiary alicyclic amines) is 1. The molecule has 0 bridgehead atoms. The topological polar surface area (TPSA) is 65.1 Å². The number of imidazole rings is 1. The van der Waals surface area contributed by atoms with Crippen LogP contribution in [-0.4, -0.2) is 36.7 Å². The summed E-state index contributed by atoms with van der Waals surface area (Å²) in [5, 5.41) is 0. The average molecular weight is 404 g/mol. The molecule has 7 nitrogen and oxygen atoms in total. The molecule has 2 aromatic heterocycles. The highest BCUT2D eigenvalue weighted by molar-refractivity contribution is 5.71. The van der Waals surface area contributed by atoms with Crippen molar-refractivity contribution < 1.29 is 0 Å². The number of hydrogen-bond donors (Lipinski definition) is 0. The summed E-state index contributed by atoms with van der Waals surface area (Å²) < 4.78 is 4.80. The zero-order chi connectivity index (χ0) is 21.0. The largest absolute Gasteiger partial charge is 0.332 e. The number of piperidine rings is 1. The number of unbranched alkanes of at least 4 members (excludes halogenated alkanes) is 5. The van der Waals surface area contributed by atoms with Crippen molar-refractivity contribution in [2.75, 3.05) is 13.1 Å². The predicted molar refractivity (Wildman–Crippen MR) is 117 cm³/mol. The first kappa shape index (κ1) is 21.8. The third kappa shape index (κ3) is 4.82. The molecule has 1 aliphatic rings. The number of nitrogens with zero attached hydrogens (tertiary/aromatic N) is 5. The Hall–Kier alpha value is -1.89. The maximum absolute atomic E-state index is 12.9. The first-order valence-corrected chi connectivity index (χ1v) is 11.3. The molecular weight excluding hydrogens is 366 g/mol. The molecule has 0 saturated carbocycles. The van der Waals surface area contributed by atoms with Crippen LogP contribution in [0.4, 0.5) is 0 Å². The van der Waals surface area contributed by atoms with Gasteiger partial charge in [0.1, 0.15) is 5.82 Å². The van der Waals surface area contributed by atoms with Crippen LogP contribution in [0.2, 0.25) is 0 Å². The predicted octanol–water partition coefficient (Wildman–Crippen LogP) is 3.03. The number of hydrogen-bond acceptors (Lipinski definition) is 4. The highest BCUT2D eigenvalue weighted by Crippen LogP contribution is 2.20. The van der Waals surface area contributed by atoms with Gasteiger partial charge in [-0.2, -0.15) is 0 Å². The molecule has 7 heteroatoms. The van der Waals surface area contributed by atoms with Crippen LogP contribution in [0.3, 0.4) is 0 Å². The lowest BCUT2D eigenvalue weighted by atomic mass is 9.99. The van der Waals surface area contributed by atoms with E-state index in [0.717, 1.165) is 50.8 Å². The molecule has 0 N–H and O–H groups in total. The molecule has 29 heavy (non-hydrogen) atoms. The number of aromatic nitrogens is 4. The second kappa shape index (κ2) is 9.74. The van der Waals surface area contributed by atoms with Crippen LogP contribution in [0.15, 0.2) is 9.59 Å². The molecule has 162 valence electrons. The molecule has 1 saturated heterocycles. The molecule has 3 rings (SSSR count). The number of rotatable bonds is 9. The zero-order valence-corrected chi connectivity index (χ0v) is 18.6. The van der Waals surface area contributed by atoms with Gasteiger partial charge in [-0.3, -0.25) is 18.8 Å². The highest BCUT2D eigenvalue weighted by Gasteiger charge is 2.22. The van der Waals surface area contributed by atoms with E-state index in [2.05, 4.69) is 23.3 Å². The third-order valence-corrected chi connectivity index (χ3v) is 6.40. The second-order valence-corrected chi connectivity index (χ2v) is 8.78. The summed E-state index contributed by atoms with van der Waals surface area (Å²) >= 11 is 0. The van der Waals surface area contributed by atoms with Crippen molar-refractivity contribution >= 4 is 11.2 Å². The summed E-state index contributed by atoms with van der Waals surface area (Å²) in [6.07, 6.45) is 9.64. The number of aryl methyl sites for hydroxylation is 2. The van der Waals surface area contributed by atoms with Crippen LogP contribution >= 0.6 is 0 Å². The maximum Gasteiger partial charge on any atom is 0.332 e. The Morgan fingerprint density at radius 2 is 1.62 bits per heavy atom. The quantitative estimate of drug-likeness (QED) is 0.604. The summed E-state index contributed by atoms with van der Waals surface area (Å²) in [5.74, 6) is 1.70. The lowest BCUT2D eigenvalue weighted by Crippen LogP contribution is -2.37. The van der Waals surface area contributed by atoms with Crippen molar-refractivity contribution in [3.63, 3.8) is 0 Å². The molecule has 0 unspecified atom stereocenters. The summed E-state index contributed by atoms with van der Waals surface area (Å²) in [6.45, 7) is 8.21. The molecule has 0 amide bonds. The minimum atomic E-state index is -0.315. The molecule has 0 aromatic carbocycles. The first-order chi connectivity index (χ1) is 13.9. The Morgan fingerprint density at radius 1 is 0.966 bits per heavy atom. The molecule has 0 aliphatic carbocycles. The molecular formula is C22H37N5O2. The van der Waals surface area contributed by atoms with Crippen LogP contribution in [0.5, 0.6) is 0 Å². The van der Waals surface area contributed by atoms with Crippen molar-refractivity contribution in [2.24, 2.45) is 20.0 Å². The van der Waals surface area contributed by atoms with Crippen LogP contribution in [0.1, 0.15) is 71.0 Å². The third-order valence-electron chi connectivity index (χ3n) is 6.40. The van der Waals surface area contributed by atoms with Gasteiger partial charge in [0, 0.05) is 20.6 Å². The van der Waals surface area contributed by atoms with Crippen LogP contribution in [0.25, 0.3) is 11.2 Å². The van der Waals surface area contributed by atoms with Crippen molar-refractivity contribution in [3.8, 4) is 0 Å². The summed E-state index contributed by atoms with van der Waals surface area (Å²) in [6, 6.07) is 0. The normalized spacial score (nSPS) is 16.1. The van der Waals surface area contributed by atoms with Crippen LogP contribution in [-0.2, 0) is 27.2 Å². The van der Waals surface area contributed by atoms with Crippen molar-refractivity contribution in [1.29, 1.82) is 0 Å². The van der Waals surface area contributed by atoms with E-state index in [4.69, 9.17) is 4.98 Å². The van der Waals surface area contributed by atoms with E-state index in [1.807, 2.05) is 0 Å². The van der Waals surface area contributed by atoms with Gasteiger partial charge in [0.25, 0.3) is 5.56 Å². The Balaban J connectivity index is 1.89. The Kier molecular flexibility index (Phi) is 7.33.